The number of nitrogens with zero attached hydrogens (tertiary/aromatic N) is 2. The summed E-state index contributed by atoms with van der Waals surface area (Å²) in [5.74, 6) is 1.74. The molecule has 1 fully saturated rings. The van der Waals surface area contributed by atoms with Crippen LogP contribution in [0.4, 0.5) is 0 Å². The van der Waals surface area contributed by atoms with Crippen molar-refractivity contribution in [2.24, 2.45) is 0 Å². The first-order chi connectivity index (χ1) is 8.88. The quantitative estimate of drug-likeness (QED) is 0.870. The van der Waals surface area contributed by atoms with E-state index in [2.05, 4.69) is 16.5 Å². The summed E-state index contributed by atoms with van der Waals surface area (Å²) in [5, 5.41) is 3.38. The fourth-order valence-electron chi connectivity index (χ4n) is 3.42. The van der Waals surface area contributed by atoms with Crippen molar-refractivity contribution in [2.75, 3.05) is 7.05 Å². The van der Waals surface area contributed by atoms with Crippen molar-refractivity contribution < 1.29 is 0 Å². The minimum atomic E-state index is 0.467. The van der Waals surface area contributed by atoms with Gasteiger partial charge in [-0.3, -0.25) is 0 Å². The van der Waals surface area contributed by atoms with E-state index in [1.807, 2.05) is 7.05 Å². The summed E-state index contributed by atoms with van der Waals surface area (Å²) in [5.41, 5.74) is 2.64. The second kappa shape index (κ2) is 5.35. The molecular weight excluding hydrogens is 222 g/mol. The highest BCUT2D eigenvalue weighted by Crippen LogP contribution is 2.33. The van der Waals surface area contributed by atoms with Crippen LogP contribution < -0.4 is 5.32 Å². The largest absolute Gasteiger partial charge is 0.313 e. The lowest BCUT2D eigenvalue weighted by atomic mass is 9.87. The molecule has 0 radical (unpaired) electrons. The molecule has 1 heterocycles. The number of rotatable bonds is 2. The van der Waals surface area contributed by atoms with Crippen LogP contribution in [0.15, 0.2) is 6.20 Å². The zero-order chi connectivity index (χ0) is 12.4. The third-order valence-electron chi connectivity index (χ3n) is 4.52. The van der Waals surface area contributed by atoms with E-state index in [0.717, 1.165) is 12.2 Å². The second-order valence-corrected chi connectivity index (χ2v) is 5.70. The predicted octanol–water partition coefficient (Wildman–Crippen LogP) is 3.12. The van der Waals surface area contributed by atoms with Crippen LogP contribution in [-0.4, -0.2) is 17.0 Å². The van der Waals surface area contributed by atoms with Gasteiger partial charge in [-0.2, -0.15) is 0 Å². The van der Waals surface area contributed by atoms with E-state index in [1.54, 1.807) is 0 Å². The van der Waals surface area contributed by atoms with Crippen LogP contribution in [0.2, 0.25) is 0 Å². The van der Waals surface area contributed by atoms with Crippen LogP contribution in [0, 0.1) is 0 Å². The Hall–Kier alpha value is -0.960. The fraction of sp³-hybridized carbons (Fsp3) is 0.733. The van der Waals surface area contributed by atoms with E-state index < -0.39 is 0 Å². The number of nitrogens with one attached hydrogen (secondary N) is 1. The zero-order valence-electron chi connectivity index (χ0n) is 11.3. The number of hydrogen-bond donors (Lipinski definition) is 1. The Labute approximate surface area is 109 Å². The Balaban J connectivity index is 1.85. The maximum atomic E-state index is 4.88. The van der Waals surface area contributed by atoms with Gasteiger partial charge in [0.05, 0.1) is 0 Å². The highest BCUT2D eigenvalue weighted by Gasteiger charge is 2.23. The highest BCUT2D eigenvalue weighted by atomic mass is 14.9. The number of hydrogen-bond acceptors (Lipinski definition) is 3. The lowest BCUT2D eigenvalue weighted by Crippen LogP contribution is -2.23. The molecule has 0 saturated heterocycles. The number of fused-ring (bicyclic) bond motifs is 1. The minimum absolute atomic E-state index is 0.467. The van der Waals surface area contributed by atoms with Gasteiger partial charge in [-0.1, -0.05) is 19.3 Å². The average Bonchev–Trinajstić information content (AvgIpc) is 2.47. The van der Waals surface area contributed by atoms with Crippen LogP contribution in [-0.2, 0) is 6.42 Å². The molecule has 0 amide bonds. The summed E-state index contributed by atoms with van der Waals surface area (Å²) in [7, 11) is 2.04. The van der Waals surface area contributed by atoms with Gasteiger partial charge < -0.3 is 5.32 Å². The van der Waals surface area contributed by atoms with Crippen molar-refractivity contribution in [3.05, 3.63) is 23.3 Å². The molecule has 2 aliphatic carbocycles. The molecule has 98 valence electrons. The van der Waals surface area contributed by atoms with Crippen LogP contribution in [0.25, 0.3) is 0 Å². The lowest BCUT2D eigenvalue weighted by Gasteiger charge is -2.26. The Kier molecular flexibility index (Phi) is 3.59. The first-order valence-corrected chi connectivity index (χ1v) is 7.41. The normalized spacial score (nSPS) is 24.8. The summed E-state index contributed by atoms with van der Waals surface area (Å²) in [6, 6.07) is 0.467. The molecule has 0 aromatic carbocycles. The fourth-order valence-corrected chi connectivity index (χ4v) is 3.42. The maximum Gasteiger partial charge on any atom is 0.131 e. The number of aromatic nitrogens is 2. The van der Waals surface area contributed by atoms with Gasteiger partial charge in [-0.25, -0.2) is 9.97 Å². The smallest absolute Gasteiger partial charge is 0.131 e. The molecule has 3 nitrogen and oxygen atoms in total. The van der Waals surface area contributed by atoms with Crippen molar-refractivity contribution in [2.45, 2.75) is 63.3 Å². The first kappa shape index (κ1) is 12.1. The van der Waals surface area contributed by atoms with Gasteiger partial charge in [-0.15, -0.1) is 0 Å². The summed E-state index contributed by atoms with van der Waals surface area (Å²) in [4.78, 5) is 9.55. The number of aryl methyl sites for hydroxylation is 1. The Morgan fingerprint density at radius 2 is 1.94 bits per heavy atom. The molecule has 1 atom stereocenters. The van der Waals surface area contributed by atoms with Gasteiger partial charge in [-0.05, 0) is 39.2 Å². The molecule has 18 heavy (non-hydrogen) atoms. The molecule has 3 rings (SSSR count). The van der Waals surface area contributed by atoms with Crippen molar-refractivity contribution in [1.29, 1.82) is 0 Å². The Morgan fingerprint density at radius 3 is 2.72 bits per heavy atom. The average molecular weight is 245 g/mol. The molecule has 1 aromatic heterocycles. The van der Waals surface area contributed by atoms with E-state index in [-0.39, 0.29) is 0 Å². The van der Waals surface area contributed by atoms with Gasteiger partial charge in [0.1, 0.15) is 5.82 Å². The third-order valence-corrected chi connectivity index (χ3v) is 4.52. The van der Waals surface area contributed by atoms with E-state index in [0.29, 0.717) is 12.0 Å². The van der Waals surface area contributed by atoms with Crippen molar-refractivity contribution in [1.82, 2.24) is 15.3 Å². The summed E-state index contributed by atoms with van der Waals surface area (Å²) < 4.78 is 0. The van der Waals surface area contributed by atoms with Crippen LogP contribution in [0.1, 0.15) is 74.0 Å². The SMILES string of the molecule is CNC1CCCc2nc(C3CCCCC3)ncc21. The third kappa shape index (κ3) is 2.28. The van der Waals surface area contributed by atoms with Crippen molar-refractivity contribution >= 4 is 0 Å². The summed E-state index contributed by atoms with van der Waals surface area (Å²) in [6.45, 7) is 0. The van der Waals surface area contributed by atoms with E-state index in [1.165, 1.54) is 56.2 Å². The molecule has 0 aliphatic heterocycles. The Bertz CT molecular complexity index is 410. The minimum Gasteiger partial charge on any atom is -0.313 e. The Morgan fingerprint density at radius 1 is 1.11 bits per heavy atom. The molecule has 1 saturated carbocycles. The van der Waals surface area contributed by atoms with Crippen molar-refractivity contribution in [3.8, 4) is 0 Å². The molecule has 0 bridgehead atoms. The van der Waals surface area contributed by atoms with Crippen LogP contribution in [0.3, 0.4) is 0 Å². The van der Waals surface area contributed by atoms with Gasteiger partial charge in [0.15, 0.2) is 0 Å². The summed E-state index contributed by atoms with van der Waals surface area (Å²) >= 11 is 0. The van der Waals surface area contributed by atoms with E-state index >= 15 is 0 Å². The van der Waals surface area contributed by atoms with Gasteiger partial charge >= 0.3 is 0 Å². The molecule has 2 aliphatic rings. The predicted molar refractivity (Wildman–Crippen MR) is 72.6 cm³/mol. The summed E-state index contributed by atoms with van der Waals surface area (Å²) in [6.07, 6.45) is 12.4. The standard InChI is InChI=1S/C15H23N3/c1-16-13-8-5-9-14-12(13)10-17-15(18-14)11-6-3-2-4-7-11/h10-11,13,16H,2-9H2,1H3. The monoisotopic (exact) mass is 245 g/mol. The van der Waals surface area contributed by atoms with E-state index in [9.17, 15) is 0 Å². The van der Waals surface area contributed by atoms with Gasteiger partial charge in [0.25, 0.3) is 0 Å². The topological polar surface area (TPSA) is 37.8 Å². The van der Waals surface area contributed by atoms with Crippen LogP contribution >= 0.6 is 0 Å². The molecule has 1 unspecified atom stereocenters. The van der Waals surface area contributed by atoms with E-state index in [4.69, 9.17) is 4.98 Å². The molecule has 3 heteroatoms. The zero-order valence-corrected chi connectivity index (χ0v) is 11.3. The maximum absolute atomic E-state index is 4.88. The highest BCUT2D eigenvalue weighted by molar-refractivity contribution is 5.25. The lowest BCUT2D eigenvalue weighted by molar-refractivity contribution is 0.422. The molecular formula is C15H23N3. The second-order valence-electron chi connectivity index (χ2n) is 5.70. The van der Waals surface area contributed by atoms with Crippen LogP contribution in [0.5, 0.6) is 0 Å². The van der Waals surface area contributed by atoms with Crippen molar-refractivity contribution in [3.63, 3.8) is 0 Å². The molecule has 0 spiro atoms. The molecule has 1 aromatic rings. The first-order valence-electron chi connectivity index (χ1n) is 7.41. The van der Waals surface area contributed by atoms with Gasteiger partial charge in [0.2, 0.25) is 0 Å². The van der Waals surface area contributed by atoms with Gasteiger partial charge in [0, 0.05) is 29.4 Å². The molecule has 1 N–H and O–H groups in total.